The fourth-order valence-corrected chi connectivity index (χ4v) is 1.65. The Morgan fingerprint density at radius 1 is 1.42 bits per heavy atom. The van der Waals surface area contributed by atoms with Crippen molar-refractivity contribution in [1.82, 2.24) is 5.32 Å². The van der Waals surface area contributed by atoms with E-state index in [0.29, 0.717) is 18.5 Å². The van der Waals surface area contributed by atoms with E-state index in [1.807, 2.05) is 6.92 Å². The minimum atomic E-state index is -0.835. The summed E-state index contributed by atoms with van der Waals surface area (Å²) >= 11 is 0. The largest absolute Gasteiger partial charge is 0.481 e. The lowest BCUT2D eigenvalue weighted by Crippen LogP contribution is -2.29. The van der Waals surface area contributed by atoms with Gasteiger partial charge < -0.3 is 10.4 Å². The van der Waals surface area contributed by atoms with Crippen LogP contribution in [0.4, 0.5) is 4.39 Å². The molecule has 0 heterocycles. The lowest BCUT2D eigenvalue weighted by molar-refractivity contribution is -0.137. The van der Waals surface area contributed by atoms with Crippen LogP contribution in [0, 0.1) is 11.7 Å². The van der Waals surface area contributed by atoms with Gasteiger partial charge in [0.25, 0.3) is 0 Å². The van der Waals surface area contributed by atoms with Gasteiger partial charge in [0.1, 0.15) is 5.82 Å². The number of hydrogen-bond acceptors (Lipinski definition) is 2. The van der Waals surface area contributed by atoms with E-state index < -0.39 is 5.97 Å². The van der Waals surface area contributed by atoms with E-state index in [1.54, 1.807) is 12.1 Å². The fourth-order valence-electron chi connectivity index (χ4n) is 1.65. The highest BCUT2D eigenvalue weighted by Gasteiger charge is 2.08. The Bertz CT molecular complexity index is 448. The third-order valence-electron chi connectivity index (χ3n) is 2.75. The van der Waals surface area contributed by atoms with Crippen LogP contribution in [-0.4, -0.2) is 23.5 Å². The summed E-state index contributed by atoms with van der Waals surface area (Å²) in [5, 5.41) is 11.3. The number of halogens is 1. The highest BCUT2D eigenvalue weighted by Crippen LogP contribution is 2.06. The molecule has 0 aliphatic carbocycles. The standard InChI is InChI=1S/C14H18FNO3/c1-10(5-6-14(18)19)9-16-13(17)8-11-3-2-4-12(15)7-11/h2-4,7,10H,5-6,8-9H2,1H3,(H,16,17)(H,18,19). The number of nitrogens with one attached hydrogen (secondary N) is 1. The quantitative estimate of drug-likeness (QED) is 0.794. The van der Waals surface area contributed by atoms with Crippen LogP contribution >= 0.6 is 0 Å². The summed E-state index contributed by atoms with van der Waals surface area (Å²) in [5.41, 5.74) is 0.621. The highest BCUT2D eigenvalue weighted by atomic mass is 19.1. The van der Waals surface area contributed by atoms with Crippen LogP contribution in [0.25, 0.3) is 0 Å². The van der Waals surface area contributed by atoms with Crippen LogP contribution in [0.2, 0.25) is 0 Å². The molecule has 0 spiro atoms. The van der Waals surface area contributed by atoms with Crippen LogP contribution in [-0.2, 0) is 16.0 Å². The summed E-state index contributed by atoms with van der Waals surface area (Å²) in [6.45, 7) is 2.31. The first-order valence-electron chi connectivity index (χ1n) is 6.20. The maximum Gasteiger partial charge on any atom is 0.303 e. The molecule has 0 aliphatic heterocycles. The molecule has 1 unspecified atom stereocenters. The van der Waals surface area contributed by atoms with Crippen molar-refractivity contribution in [3.63, 3.8) is 0 Å². The minimum absolute atomic E-state index is 0.0981. The molecule has 0 aromatic heterocycles. The molecule has 1 aromatic rings. The molecule has 5 heteroatoms. The van der Waals surface area contributed by atoms with Gasteiger partial charge in [0.15, 0.2) is 0 Å². The minimum Gasteiger partial charge on any atom is -0.481 e. The van der Waals surface area contributed by atoms with E-state index in [9.17, 15) is 14.0 Å². The predicted molar refractivity (Wildman–Crippen MR) is 69.1 cm³/mol. The molecule has 0 saturated heterocycles. The van der Waals surface area contributed by atoms with Crippen molar-refractivity contribution in [3.05, 3.63) is 35.6 Å². The number of aliphatic carboxylic acids is 1. The maximum absolute atomic E-state index is 12.9. The van der Waals surface area contributed by atoms with Crippen molar-refractivity contribution in [3.8, 4) is 0 Å². The monoisotopic (exact) mass is 267 g/mol. The summed E-state index contributed by atoms with van der Waals surface area (Å²) in [6.07, 6.45) is 0.750. The Morgan fingerprint density at radius 2 is 2.16 bits per heavy atom. The smallest absolute Gasteiger partial charge is 0.303 e. The van der Waals surface area contributed by atoms with E-state index in [2.05, 4.69) is 5.32 Å². The molecule has 1 rings (SSSR count). The second kappa shape index (κ2) is 7.51. The van der Waals surface area contributed by atoms with Crippen LogP contribution in [0.15, 0.2) is 24.3 Å². The van der Waals surface area contributed by atoms with E-state index in [-0.39, 0.29) is 30.5 Å². The molecule has 0 radical (unpaired) electrons. The summed E-state index contributed by atoms with van der Waals surface area (Å²) in [6, 6.07) is 5.91. The highest BCUT2D eigenvalue weighted by molar-refractivity contribution is 5.78. The molecule has 4 nitrogen and oxygen atoms in total. The topological polar surface area (TPSA) is 66.4 Å². The Labute approximate surface area is 111 Å². The SMILES string of the molecule is CC(CCC(=O)O)CNC(=O)Cc1cccc(F)c1. The lowest BCUT2D eigenvalue weighted by atomic mass is 10.1. The van der Waals surface area contributed by atoms with Crippen molar-refractivity contribution in [2.45, 2.75) is 26.2 Å². The second-order valence-corrected chi connectivity index (χ2v) is 4.65. The van der Waals surface area contributed by atoms with E-state index in [0.717, 1.165) is 0 Å². The number of carboxylic acids is 1. The zero-order chi connectivity index (χ0) is 14.3. The molecular weight excluding hydrogens is 249 g/mol. The van der Waals surface area contributed by atoms with Crippen molar-refractivity contribution in [1.29, 1.82) is 0 Å². The zero-order valence-corrected chi connectivity index (χ0v) is 10.9. The van der Waals surface area contributed by atoms with Gasteiger partial charge in [-0.3, -0.25) is 9.59 Å². The number of hydrogen-bond donors (Lipinski definition) is 2. The number of carbonyl (C=O) groups excluding carboxylic acids is 1. The Hall–Kier alpha value is -1.91. The zero-order valence-electron chi connectivity index (χ0n) is 10.9. The van der Waals surface area contributed by atoms with Crippen molar-refractivity contribution in [2.75, 3.05) is 6.54 Å². The molecule has 0 aliphatic rings. The fraction of sp³-hybridized carbons (Fsp3) is 0.429. The number of carbonyl (C=O) groups is 2. The van der Waals surface area contributed by atoms with Crippen LogP contribution in [0.1, 0.15) is 25.3 Å². The summed E-state index contributed by atoms with van der Waals surface area (Å²) in [4.78, 5) is 22.0. The molecule has 2 N–H and O–H groups in total. The third-order valence-corrected chi connectivity index (χ3v) is 2.75. The summed E-state index contributed by atoms with van der Waals surface area (Å²) < 4.78 is 12.9. The van der Waals surface area contributed by atoms with E-state index in [1.165, 1.54) is 12.1 Å². The van der Waals surface area contributed by atoms with Crippen molar-refractivity contribution in [2.24, 2.45) is 5.92 Å². The predicted octanol–water partition coefficient (Wildman–Crippen LogP) is 1.99. The van der Waals surface area contributed by atoms with Gasteiger partial charge in [-0.15, -0.1) is 0 Å². The van der Waals surface area contributed by atoms with E-state index in [4.69, 9.17) is 5.11 Å². The Balaban J connectivity index is 2.30. The molecule has 1 atom stereocenters. The average molecular weight is 267 g/mol. The third kappa shape index (κ3) is 6.55. The van der Waals surface area contributed by atoms with Gasteiger partial charge in [-0.05, 0) is 30.0 Å². The van der Waals surface area contributed by atoms with Gasteiger partial charge in [-0.2, -0.15) is 0 Å². The second-order valence-electron chi connectivity index (χ2n) is 4.65. The first-order chi connectivity index (χ1) is 8.97. The number of benzene rings is 1. The number of rotatable bonds is 7. The molecule has 19 heavy (non-hydrogen) atoms. The van der Waals surface area contributed by atoms with Gasteiger partial charge in [-0.1, -0.05) is 19.1 Å². The average Bonchev–Trinajstić information content (AvgIpc) is 2.34. The molecule has 104 valence electrons. The normalized spacial score (nSPS) is 11.9. The van der Waals surface area contributed by atoms with Gasteiger partial charge in [-0.25, -0.2) is 4.39 Å². The first kappa shape index (κ1) is 15.1. The number of carboxylic acid groups (broad SMARTS) is 1. The van der Waals surface area contributed by atoms with Crippen LogP contribution < -0.4 is 5.32 Å². The van der Waals surface area contributed by atoms with Gasteiger partial charge in [0.05, 0.1) is 6.42 Å². The van der Waals surface area contributed by atoms with Crippen molar-refractivity contribution >= 4 is 11.9 Å². The molecule has 0 fully saturated rings. The summed E-state index contributed by atoms with van der Waals surface area (Å²) in [5.74, 6) is -1.28. The summed E-state index contributed by atoms with van der Waals surface area (Å²) in [7, 11) is 0. The van der Waals surface area contributed by atoms with Crippen LogP contribution in [0.5, 0.6) is 0 Å². The van der Waals surface area contributed by atoms with Crippen LogP contribution in [0.3, 0.4) is 0 Å². The Kier molecular flexibility index (Phi) is 5.99. The molecule has 1 amide bonds. The molecule has 0 saturated carbocycles. The van der Waals surface area contributed by atoms with Gasteiger partial charge in [0, 0.05) is 13.0 Å². The Morgan fingerprint density at radius 3 is 2.79 bits per heavy atom. The van der Waals surface area contributed by atoms with E-state index >= 15 is 0 Å². The first-order valence-corrected chi connectivity index (χ1v) is 6.20. The lowest BCUT2D eigenvalue weighted by Gasteiger charge is -2.11. The molecule has 0 bridgehead atoms. The molecule has 1 aromatic carbocycles. The van der Waals surface area contributed by atoms with Gasteiger partial charge in [0.2, 0.25) is 5.91 Å². The number of amides is 1. The maximum atomic E-state index is 12.9. The van der Waals surface area contributed by atoms with Gasteiger partial charge >= 0.3 is 5.97 Å². The molecular formula is C14H18FNO3. The van der Waals surface area contributed by atoms with Crippen molar-refractivity contribution < 1.29 is 19.1 Å².